The van der Waals surface area contributed by atoms with Crippen molar-refractivity contribution < 1.29 is 24.5 Å². The van der Waals surface area contributed by atoms with E-state index < -0.39 is 23.4 Å². The first-order valence-electron chi connectivity index (χ1n) is 10.1. The first-order chi connectivity index (χ1) is 12.6. The normalized spacial score (nSPS) is 45.6. The van der Waals surface area contributed by atoms with Crippen LogP contribution in [-0.2, 0) is 14.3 Å². The van der Waals surface area contributed by atoms with Gasteiger partial charge in [0.05, 0.1) is 11.7 Å². The fourth-order valence-electron chi connectivity index (χ4n) is 5.19. The van der Waals surface area contributed by atoms with Crippen LogP contribution in [0, 0.1) is 5.92 Å². The smallest absolute Gasteiger partial charge is 0.161 e. The highest BCUT2D eigenvalue weighted by Crippen LogP contribution is 2.46. The number of ether oxygens (including phenoxy) is 2. The Bertz CT molecular complexity index is 666. The minimum absolute atomic E-state index is 0.0259. The van der Waals surface area contributed by atoms with E-state index in [1.54, 1.807) is 14.0 Å². The molecular weight excluding hydrogens is 344 g/mol. The van der Waals surface area contributed by atoms with Gasteiger partial charge in [-0.3, -0.25) is 4.79 Å². The molecule has 1 aliphatic carbocycles. The van der Waals surface area contributed by atoms with Gasteiger partial charge in [-0.2, -0.15) is 0 Å². The number of Topliss-reactive ketones (excluding diaryl/α,β-unsaturated/α-hetero) is 1. The third-order valence-electron chi connectivity index (χ3n) is 7.03. The molecule has 6 atom stereocenters. The summed E-state index contributed by atoms with van der Waals surface area (Å²) in [6.07, 6.45) is 4.26. The monoisotopic (exact) mass is 378 g/mol. The van der Waals surface area contributed by atoms with Gasteiger partial charge in [-0.15, -0.1) is 0 Å². The number of aliphatic hydroxyl groups is 2. The highest BCUT2D eigenvalue weighted by atomic mass is 16.5. The molecule has 2 bridgehead atoms. The lowest BCUT2D eigenvalue weighted by molar-refractivity contribution is -0.148. The van der Waals surface area contributed by atoms with Crippen LogP contribution in [0.2, 0.25) is 0 Å². The lowest BCUT2D eigenvalue weighted by atomic mass is 9.79. The second kappa shape index (κ2) is 7.43. The minimum atomic E-state index is -1.19. The van der Waals surface area contributed by atoms with Gasteiger partial charge in [0, 0.05) is 20.0 Å². The van der Waals surface area contributed by atoms with Crippen molar-refractivity contribution in [3.05, 3.63) is 22.8 Å². The van der Waals surface area contributed by atoms with Crippen molar-refractivity contribution >= 4 is 5.78 Å². The zero-order valence-electron chi connectivity index (χ0n) is 17.2. The van der Waals surface area contributed by atoms with Crippen LogP contribution in [0.1, 0.15) is 66.2 Å². The summed E-state index contributed by atoms with van der Waals surface area (Å²) in [6, 6.07) is 0. The maximum Gasteiger partial charge on any atom is 0.161 e. The Morgan fingerprint density at radius 1 is 1.22 bits per heavy atom. The van der Waals surface area contributed by atoms with Crippen molar-refractivity contribution in [2.75, 3.05) is 7.11 Å². The zero-order chi connectivity index (χ0) is 20.0. The fourth-order valence-corrected chi connectivity index (χ4v) is 5.19. The quantitative estimate of drug-likeness (QED) is 0.686. The first-order valence-corrected chi connectivity index (χ1v) is 10.1. The molecule has 1 fully saturated rings. The van der Waals surface area contributed by atoms with Crippen LogP contribution in [0.25, 0.3) is 0 Å². The van der Waals surface area contributed by atoms with Crippen LogP contribution in [0.15, 0.2) is 22.8 Å². The van der Waals surface area contributed by atoms with Gasteiger partial charge in [0.25, 0.3) is 0 Å². The van der Waals surface area contributed by atoms with Gasteiger partial charge in [-0.05, 0) is 63.5 Å². The first kappa shape index (κ1) is 20.7. The predicted octanol–water partition coefficient (Wildman–Crippen LogP) is 3.09. The van der Waals surface area contributed by atoms with E-state index >= 15 is 0 Å². The van der Waals surface area contributed by atoms with Gasteiger partial charge in [0.1, 0.15) is 17.8 Å². The van der Waals surface area contributed by atoms with Crippen LogP contribution in [0.3, 0.4) is 0 Å². The number of rotatable bonds is 1. The van der Waals surface area contributed by atoms with E-state index in [1.807, 2.05) is 13.8 Å². The van der Waals surface area contributed by atoms with Gasteiger partial charge in [0.2, 0.25) is 0 Å². The third kappa shape index (κ3) is 3.55. The maximum absolute atomic E-state index is 12.6. The molecule has 0 saturated carbocycles. The van der Waals surface area contributed by atoms with E-state index in [9.17, 15) is 15.0 Å². The lowest BCUT2D eigenvalue weighted by Gasteiger charge is -2.39. The molecule has 2 aliphatic heterocycles. The predicted molar refractivity (Wildman–Crippen MR) is 103 cm³/mol. The summed E-state index contributed by atoms with van der Waals surface area (Å²) < 4.78 is 12.2. The van der Waals surface area contributed by atoms with Gasteiger partial charge < -0.3 is 19.7 Å². The van der Waals surface area contributed by atoms with Crippen LogP contribution in [0.4, 0.5) is 0 Å². The number of ketones is 1. The Morgan fingerprint density at radius 2 is 1.93 bits per heavy atom. The average Bonchev–Trinajstić information content (AvgIpc) is 3.13. The molecule has 5 nitrogen and oxygen atoms in total. The summed E-state index contributed by atoms with van der Waals surface area (Å²) >= 11 is 0. The van der Waals surface area contributed by atoms with Gasteiger partial charge >= 0.3 is 0 Å². The molecule has 0 radical (unpaired) electrons. The minimum Gasteiger partial charge on any atom is -0.387 e. The number of carbonyl (C=O) groups excluding carboxylic acids is 1. The molecule has 1 saturated heterocycles. The van der Waals surface area contributed by atoms with Crippen LogP contribution in [0.5, 0.6) is 0 Å². The highest BCUT2D eigenvalue weighted by Gasteiger charge is 2.53. The molecule has 152 valence electrons. The third-order valence-corrected chi connectivity index (χ3v) is 7.03. The van der Waals surface area contributed by atoms with E-state index in [0.29, 0.717) is 29.9 Å². The molecule has 0 aromatic carbocycles. The van der Waals surface area contributed by atoms with Crippen molar-refractivity contribution in [1.82, 2.24) is 0 Å². The van der Waals surface area contributed by atoms with Crippen molar-refractivity contribution in [3.63, 3.8) is 0 Å². The number of hydrogen-bond donors (Lipinski definition) is 2. The van der Waals surface area contributed by atoms with Gasteiger partial charge in [-0.1, -0.05) is 18.6 Å². The summed E-state index contributed by atoms with van der Waals surface area (Å²) in [5.41, 5.74) is 0.458. The molecule has 3 aliphatic rings. The second-order valence-corrected chi connectivity index (χ2v) is 9.02. The Kier molecular flexibility index (Phi) is 5.70. The summed E-state index contributed by atoms with van der Waals surface area (Å²) in [6.45, 7) is 7.85. The maximum atomic E-state index is 12.6. The molecule has 0 unspecified atom stereocenters. The molecule has 2 heterocycles. The van der Waals surface area contributed by atoms with Crippen molar-refractivity contribution in [1.29, 1.82) is 0 Å². The zero-order valence-corrected chi connectivity index (χ0v) is 17.2. The molecule has 3 rings (SSSR count). The van der Waals surface area contributed by atoms with Crippen LogP contribution >= 0.6 is 0 Å². The summed E-state index contributed by atoms with van der Waals surface area (Å²) in [7, 11) is 1.59. The van der Waals surface area contributed by atoms with Gasteiger partial charge in [-0.25, -0.2) is 0 Å². The number of carbonyl (C=O) groups is 1. The van der Waals surface area contributed by atoms with Crippen molar-refractivity contribution in [3.8, 4) is 0 Å². The number of methoxy groups -OCH3 is 1. The summed E-state index contributed by atoms with van der Waals surface area (Å²) in [4.78, 5) is 12.6. The van der Waals surface area contributed by atoms with E-state index in [1.165, 1.54) is 0 Å². The standard InChI is InChI=1S/C22H34O5/c1-13-7-6-8-14(2)17-9-10-21(4,27-17)20(25)19(24)18-15(3)16(23)12-22(18,11-13)26-5/h7,14,17,19-20,24-25H,6,8-12H2,1-5H3/b13-7-/t14-,17+,19-,20-,21+,22-/m0/s1. The van der Waals surface area contributed by atoms with E-state index in [4.69, 9.17) is 9.47 Å². The van der Waals surface area contributed by atoms with E-state index in [2.05, 4.69) is 13.0 Å². The van der Waals surface area contributed by atoms with Crippen molar-refractivity contribution in [2.24, 2.45) is 5.92 Å². The molecule has 0 aromatic rings. The molecular formula is C22H34O5. The summed E-state index contributed by atoms with van der Waals surface area (Å²) in [5, 5.41) is 22.3. The van der Waals surface area contributed by atoms with E-state index in [-0.39, 0.29) is 18.3 Å². The second-order valence-electron chi connectivity index (χ2n) is 9.02. The summed E-state index contributed by atoms with van der Waals surface area (Å²) in [5.74, 6) is 0.362. The lowest BCUT2D eigenvalue weighted by Crippen LogP contribution is -2.51. The van der Waals surface area contributed by atoms with E-state index in [0.717, 1.165) is 24.8 Å². The molecule has 0 aromatic heterocycles. The Labute approximate surface area is 162 Å². The average molecular weight is 379 g/mol. The molecule has 0 spiro atoms. The molecule has 0 amide bonds. The Balaban J connectivity index is 2.07. The van der Waals surface area contributed by atoms with Crippen LogP contribution < -0.4 is 0 Å². The van der Waals surface area contributed by atoms with Crippen LogP contribution in [-0.4, -0.2) is 52.6 Å². The molecule has 2 N–H and O–H groups in total. The molecule has 5 heteroatoms. The topological polar surface area (TPSA) is 76.0 Å². The van der Waals surface area contributed by atoms with Crippen molar-refractivity contribution in [2.45, 2.75) is 95.7 Å². The Hall–Kier alpha value is -1.01. The highest BCUT2D eigenvalue weighted by molar-refractivity contribution is 6.00. The van der Waals surface area contributed by atoms with Gasteiger partial charge in [0.15, 0.2) is 5.78 Å². The Morgan fingerprint density at radius 3 is 2.59 bits per heavy atom. The largest absolute Gasteiger partial charge is 0.387 e. The number of aliphatic hydroxyl groups excluding tert-OH is 2. The number of fused-ring (bicyclic) bond motifs is 3. The number of allylic oxidation sites excluding steroid dienone is 2. The number of hydrogen-bond acceptors (Lipinski definition) is 5. The SMILES string of the molecule is CO[C@@]12CC(=O)C(C)=C1[C@H](O)[C@H](O)[C@@]1(C)CC[C@@H](O1)[C@@H](C)CC/C=C(/C)C2. The molecule has 27 heavy (non-hydrogen) atoms. The fraction of sp³-hybridized carbons (Fsp3) is 0.773.